The average Bonchev–Trinajstić information content (AvgIpc) is 2.91. The third-order valence-electron chi connectivity index (χ3n) is 3.91. The van der Waals surface area contributed by atoms with Gasteiger partial charge >= 0.3 is 11.2 Å². The van der Waals surface area contributed by atoms with Gasteiger partial charge in [0.15, 0.2) is 9.84 Å². The van der Waals surface area contributed by atoms with E-state index in [9.17, 15) is 28.1 Å². The molecule has 11 nitrogen and oxygen atoms in total. The van der Waals surface area contributed by atoms with Gasteiger partial charge in [-0.25, -0.2) is 13.4 Å². The first-order valence-electron chi connectivity index (χ1n) is 7.66. The minimum Gasteiger partial charge on any atom is -0.355 e. The van der Waals surface area contributed by atoms with E-state index in [1.165, 1.54) is 18.3 Å². The maximum atomic E-state index is 12.3. The van der Waals surface area contributed by atoms with E-state index in [2.05, 4.69) is 15.6 Å². The Labute approximate surface area is 147 Å². The van der Waals surface area contributed by atoms with Crippen LogP contribution in [0.2, 0.25) is 0 Å². The third kappa shape index (κ3) is 3.64. The topological polar surface area (TPSA) is 153 Å². The minimum absolute atomic E-state index is 0.0137. The Morgan fingerprint density at radius 2 is 2.19 bits per heavy atom. The van der Waals surface area contributed by atoms with E-state index < -0.39 is 38.0 Å². The van der Waals surface area contributed by atoms with Crippen LogP contribution in [0.3, 0.4) is 0 Å². The molecule has 2 aromatic heterocycles. The summed E-state index contributed by atoms with van der Waals surface area (Å²) in [6.07, 6.45) is 1.68. The Kier molecular flexibility index (Phi) is 4.59. The molecule has 0 spiro atoms. The van der Waals surface area contributed by atoms with Crippen molar-refractivity contribution < 1.29 is 18.1 Å². The number of fused-ring (bicyclic) bond motifs is 1. The first-order valence-corrected chi connectivity index (χ1v) is 9.48. The first kappa shape index (κ1) is 17.8. The zero-order valence-corrected chi connectivity index (χ0v) is 14.2. The first-order chi connectivity index (χ1) is 12.3. The number of nitrogens with zero attached hydrogens (tertiary/aromatic N) is 3. The van der Waals surface area contributed by atoms with Crippen LogP contribution in [0, 0.1) is 10.1 Å². The number of anilines is 1. The van der Waals surface area contributed by atoms with E-state index in [1.807, 2.05) is 0 Å². The summed E-state index contributed by atoms with van der Waals surface area (Å²) in [6.45, 7) is -0.382. The molecule has 1 atom stereocenters. The number of carbonyl (C=O) groups is 1. The number of rotatable bonds is 5. The van der Waals surface area contributed by atoms with Crippen LogP contribution in [-0.2, 0) is 14.6 Å². The molecular formula is C14H15N5O6S. The molecule has 2 aromatic rings. The molecule has 0 aliphatic carbocycles. The Hall–Kier alpha value is -3.02. The molecule has 0 unspecified atom stereocenters. The lowest BCUT2D eigenvalue weighted by Gasteiger charge is -2.12. The number of hydrogen-bond acceptors (Lipinski definition) is 8. The molecule has 2 N–H and O–H groups in total. The van der Waals surface area contributed by atoms with Crippen LogP contribution < -0.4 is 16.2 Å². The average molecular weight is 381 g/mol. The van der Waals surface area contributed by atoms with E-state index in [1.54, 1.807) is 6.07 Å². The lowest BCUT2D eigenvalue weighted by molar-refractivity contribution is -0.385. The molecule has 0 aromatic carbocycles. The predicted molar refractivity (Wildman–Crippen MR) is 91.8 cm³/mol. The van der Waals surface area contributed by atoms with E-state index in [0.717, 1.165) is 4.40 Å². The summed E-state index contributed by atoms with van der Waals surface area (Å²) in [6, 6.07) is 4.17. The van der Waals surface area contributed by atoms with Gasteiger partial charge < -0.3 is 10.6 Å². The van der Waals surface area contributed by atoms with E-state index in [4.69, 9.17) is 0 Å². The maximum Gasteiger partial charge on any atom is 0.376 e. The fourth-order valence-electron chi connectivity index (χ4n) is 2.72. The van der Waals surface area contributed by atoms with E-state index >= 15 is 0 Å². The van der Waals surface area contributed by atoms with E-state index in [-0.39, 0.29) is 29.5 Å². The van der Waals surface area contributed by atoms with Gasteiger partial charge in [-0.05, 0) is 18.6 Å². The number of amides is 1. The van der Waals surface area contributed by atoms with Crippen LogP contribution in [0.15, 0.2) is 29.2 Å². The Morgan fingerprint density at radius 3 is 2.85 bits per heavy atom. The third-order valence-corrected chi connectivity index (χ3v) is 5.67. The van der Waals surface area contributed by atoms with Gasteiger partial charge in [0.05, 0.1) is 23.0 Å². The second-order valence-electron chi connectivity index (χ2n) is 5.82. The molecule has 3 heterocycles. The molecule has 26 heavy (non-hydrogen) atoms. The number of pyridine rings is 1. The molecule has 12 heteroatoms. The summed E-state index contributed by atoms with van der Waals surface area (Å²) >= 11 is 0. The van der Waals surface area contributed by atoms with Gasteiger partial charge in [-0.1, -0.05) is 6.07 Å². The van der Waals surface area contributed by atoms with Crippen LogP contribution in [0.25, 0.3) is 5.65 Å². The van der Waals surface area contributed by atoms with Crippen molar-refractivity contribution in [3.63, 3.8) is 0 Å². The maximum absolute atomic E-state index is 12.3. The summed E-state index contributed by atoms with van der Waals surface area (Å²) in [4.78, 5) is 38.6. The van der Waals surface area contributed by atoms with Crippen LogP contribution >= 0.6 is 0 Å². The number of aromatic nitrogens is 2. The Bertz CT molecular complexity index is 1050. The second-order valence-corrected chi connectivity index (χ2v) is 8.05. The molecule has 0 bridgehead atoms. The fourth-order valence-corrected chi connectivity index (χ4v) is 4.39. The summed E-state index contributed by atoms with van der Waals surface area (Å²) in [5, 5.41) is 16.3. The summed E-state index contributed by atoms with van der Waals surface area (Å²) in [5.74, 6) is -0.981. The van der Waals surface area contributed by atoms with Gasteiger partial charge in [0.25, 0.3) is 0 Å². The molecule has 1 aliphatic rings. The highest BCUT2D eigenvalue weighted by molar-refractivity contribution is 7.91. The largest absolute Gasteiger partial charge is 0.376 e. The number of sulfone groups is 1. The molecule has 3 rings (SSSR count). The number of nitro groups is 1. The van der Waals surface area contributed by atoms with Crippen LogP contribution in [0.5, 0.6) is 0 Å². The minimum atomic E-state index is -3.14. The standard InChI is InChI=1S/C14H15N5O6S/c20-11(16-9-4-6-26(24,25)8-9)7-15-13-12(19(22)23)14(21)18-5-2-1-3-10(18)17-13/h1-3,5,9,15H,4,6-8H2,(H,16,20)/t9-/m1/s1. The van der Waals surface area contributed by atoms with Crippen molar-refractivity contribution in [1.29, 1.82) is 0 Å². The van der Waals surface area contributed by atoms with Gasteiger partial charge in [-0.3, -0.25) is 24.1 Å². The van der Waals surface area contributed by atoms with Crippen molar-refractivity contribution in [2.75, 3.05) is 23.4 Å². The molecule has 0 radical (unpaired) electrons. The SMILES string of the molecule is O=C(CNc1nc2ccccn2c(=O)c1[N+](=O)[O-])N[C@@H]1CCS(=O)(=O)C1. The highest BCUT2D eigenvalue weighted by Crippen LogP contribution is 2.17. The molecular weight excluding hydrogens is 366 g/mol. The van der Waals surface area contributed by atoms with Gasteiger partial charge in [0, 0.05) is 12.2 Å². The lowest BCUT2D eigenvalue weighted by atomic mass is 10.2. The van der Waals surface area contributed by atoms with Crippen LogP contribution in [0.4, 0.5) is 11.5 Å². The zero-order valence-electron chi connectivity index (χ0n) is 13.4. The zero-order chi connectivity index (χ0) is 18.9. The van der Waals surface area contributed by atoms with Gasteiger partial charge in [-0.15, -0.1) is 0 Å². The summed E-state index contributed by atoms with van der Waals surface area (Å²) in [5.41, 5.74) is -1.46. The number of carbonyl (C=O) groups excluding carboxylic acids is 1. The van der Waals surface area contributed by atoms with Gasteiger partial charge in [0.1, 0.15) is 5.65 Å². The van der Waals surface area contributed by atoms with Crippen molar-refractivity contribution >= 4 is 32.9 Å². The van der Waals surface area contributed by atoms with Crippen molar-refractivity contribution in [2.24, 2.45) is 0 Å². The van der Waals surface area contributed by atoms with Gasteiger partial charge in [-0.2, -0.15) is 0 Å². The van der Waals surface area contributed by atoms with Crippen molar-refractivity contribution in [2.45, 2.75) is 12.5 Å². The highest BCUT2D eigenvalue weighted by Gasteiger charge is 2.29. The quantitative estimate of drug-likeness (QED) is 0.510. The molecule has 1 aliphatic heterocycles. The second kappa shape index (κ2) is 6.71. The molecule has 1 fully saturated rings. The molecule has 1 amide bonds. The molecule has 1 saturated heterocycles. The Morgan fingerprint density at radius 1 is 1.42 bits per heavy atom. The van der Waals surface area contributed by atoms with Crippen molar-refractivity contribution in [1.82, 2.24) is 14.7 Å². The van der Waals surface area contributed by atoms with Crippen LogP contribution in [-0.4, -0.2) is 52.7 Å². The van der Waals surface area contributed by atoms with Crippen molar-refractivity contribution in [3.05, 3.63) is 44.9 Å². The number of nitrogens with one attached hydrogen (secondary N) is 2. The lowest BCUT2D eigenvalue weighted by Crippen LogP contribution is -2.39. The summed E-state index contributed by atoms with van der Waals surface area (Å²) in [7, 11) is -3.14. The molecule has 138 valence electrons. The summed E-state index contributed by atoms with van der Waals surface area (Å²) < 4.78 is 23.8. The fraction of sp³-hybridized carbons (Fsp3) is 0.357. The normalized spacial score (nSPS) is 18.5. The van der Waals surface area contributed by atoms with Gasteiger partial charge in [0.2, 0.25) is 11.7 Å². The smallest absolute Gasteiger partial charge is 0.355 e. The van der Waals surface area contributed by atoms with Crippen molar-refractivity contribution in [3.8, 4) is 0 Å². The Balaban J connectivity index is 1.78. The monoisotopic (exact) mass is 381 g/mol. The highest BCUT2D eigenvalue weighted by atomic mass is 32.2. The predicted octanol–water partition coefficient (Wildman–Crippen LogP) is -0.682. The van der Waals surface area contributed by atoms with E-state index in [0.29, 0.717) is 6.42 Å². The van der Waals surface area contributed by atoms with Crippen LogP contribution in [0.1, 0.15) is 6.42 Å². The number of hydrogen-bond donors (Lipinski definition) is 2. The molecule has 0 saturated carbocycles.